The number of nitrogens with zero attached hydrogens (tertiary/aromatic N) is 2. The average molecular weight is 202 g/mol. The summed E-state index contributed by atoms with van der Waals surface area (Å²) in [6.45, 7) is 0. The van der Waals surface area contributed by atoms with Gasteiger partial charge in [-0.2, -0.15) is 4.68 Å². The van der Waals surface area contributed by atoms with Gasteiger partial charge in [0.1, 0.15) is 0 Å². The molecular weight excluding hydrogens is 195 g/mol. The van der Waals surface area contributed by atoms with Gasteiger partial charge in [-0.25, -0.2) is 9.18 Å². The van der Waals surface area contributed by atoms with Crippen molar-refractivity contribution in [2.24, 2.45) is 0 Å². The molecule has 0 aliphatic heterocycles. The molecule has 0 aromatic carbocycles. The Morgan fingerprint density at radius 2 is 2.36 bits per heavy atom. The molecule has 1 rings (SSSR count). The maximum absolute atomic E-state index is 12.9. The maximum atomic E-state index is 12.9. The molecule has 14 heavy (non-hydrogen) atoms. The Kier molecular flexibility index (Phi) is 2.80. The SMILES string of the molecule is COc1ccc(=O)n(C(F)C(=O)O)n1. The van der Waals surface area contributed by atoms with Crippen molar-refractivity contribution in [1.29, 1.82) is 0 Å². The van der Waals surface area contributed by atoms with Crippen LogP contribution in [0.15, 0.2) is 16.9 Å². The first kappa shape index (κ1) is 10.2. The highest BCUT2D eigenvalue weighted by atomic mass is 19.1. The van der Waals surface area contributed by atoms with Crippen LogP contribution in [-0.2, 0) is 4.79 Å². The van der Waals surface area contributed by atoms with Crippen LogP contribution in [0.2, 0.25) is 0 Å². The number of halogens is 1. The molecule has 0 radical (unpaired) electrons. The fraction of sp³-hybridized carbons (Fsp3) is 0.286. The van der Waals surface area contributed by atoms with E-state index in [1.807, 2.05) is 0 Å². The number of methoxy groups -OCH3 is 1. The Hall–Kier alpha value is -1.92. The van der Waals surface area contributed by atoms with Crippen molar-refractivity contribution < 1.29 is 19.0 Å². The summed E-state index contributed by atoms with van der Waals surface area (Å²) >= 11 is 0. The first-order valence-corrected chi connectivity index (χ1v) is 3.57. The third-order valence-corrected chi connectivity index (χ3v) is 1.43. The molecule has 1 aromatic heterocycles. The Labute approximate surface area is 77.5 Å². The van der Waals surface area contributed by atoms with Crippen LogP contribution in [0.5, 0.6) is 5.88 Å². The highest BCUT2D eigenvalue weighted by Gasteiger charge is 2.20. The molecule has 0 spiro atoms. The lowest BCUT2D eigenvalue weighted by molar-refractivity contribution is -0.147. The summed E-state index contributed by atoms with van der Waals surface area (Å²) in [5.74, 6) is -1.82. The van der Waals surface area contributed by atoms with E-state index in [1.54, 1.807) is 0 Å². The number of aliphatic carboxylic acids is 1. The third-order valence-electron chi connectivity index (χ3n) is 1.43. The number of carboxylic acids is 1. The number of ether oxygens (including phenoxy) is 1. The quantitative estimate of drug-likeness (QED) is 0.734. The van der Waals surface area contributed by atoms with Crippen LogP contribution in [-0.4, -0.2) is 28.0 Å². The van der Waals surface area contributed by atoms with Gasteiger partial charge in [-0.15, -0.1) is 5.10 Å². The lowest BCUT2D eigenvalue weighted by atomic mass is 10.5. The predicted molar refractivity (Wildman–Crippen MR) is 42.8 cm³/mol. The minimum absolute atomic E-state index is 0.0338. The first-order chi connectivity index (χ1) is 6.56. The lowest BCUT2D eigenvalue weighted by Crippen LogP contribution is -2.28. The Morgan fingerprint density at radius 3 is 2.86 bits per heavy atom. The summed E-state index contributed by atoms with van der Waals surface area (Å²) in [6, 6.07) is 2.19. The monoisotopic (exact) mass is 202 g/mol. The van der Waals surface area contributed by atoms with Gasteiger partial charge < -0.3 is 9.84 Å². The molecule has 1 unspecified atom stereocenters. The molecule has 0 saturated carbocycles. The summed E-state index contributed by atoms with van der Waals surface area (Å²) in [4.78, 5) is 21.2. The van der Waals surface area contributed by atoms with Crippen molar-refractivity contribution in [1.82, 2.24) is 9.78 Å². The van der Waals surface area contributed by atoms with Gasteiger partial charge in [0, 0.05) is 12.1 Å². The van der Waals surface area contributed by atoms with E-state index in [4.69, 9.17) is 5.11 Å². The van der Waals surface area contributed by atoms with Crippen molar-refractivity contribution >= 4 is 5.97 Å². The number of hydrogen-bond donors (Lipinski definition) is 1. The molecule has 6 nitrogen and oxygen atoms in total. The average Bonchev–Trinajstić information content (AvgIpc) is 2.17. The van der Waals surface area contributed by atoms with Crippen LogP contribution in [0.1, 0.15) is 6.30 Å². The smallest absolute Gasteiger partial charge is 0.361 e. The lowest BCUT2D eigenvalue weighted by Gasteiger charge is -2.06. The molecule has 0 fully saturated rings. The largest absolute Gasteiger partial charge is 0.480 e. The Bertz CT molecular complexity index is 403. The van der Waals surface area contributed by atoms with Gasteiger partial charge in [0.05, 0.1) is 7.11 Å². The standard InChI is InChI=1S/C7H7FN2O4/c1-14-4-2-3-5(11)10(9-4)6(8)7(12)13/h2-3,6H,1H3,(H,12,13). The molecular formula is C7H7FN2O4. The molecule has 7 heteroatoms. The van der Waals surface area contributed by atoms with Crippen molar-refractivity contribution in [3.63, 3.8) is 0 Å². The molecule has 1 heterocycles. The number of hydrogen-bond acceptors (Lipinski definition) is 4. The van der Waals surface area contributed by atoms with Crippen LogP contribution in [0.25, 0.3) is 0 Å². The second-order valence-electron chi connectivity index (χ2n) is 2.33. The molecule has 1 atom stereocenters. The van der Waals surface area contributed by atoms with Gasteiger partial charge in [-0.3, -0.25) is 4.79 Å². The minimum Gasteiger partial charge on any atom is -0.480 e. The maximum Gasteiger partial charge on any atom is 0.361 e. The summed E-state index contributed by atoms with van der Waals surface area (Å²) < 4.78 is 17.7. The number of alkyl halides is 1. The zero-order chi connectivity index (χ0) is 10.7. The summed E-state index contributed by atoms with van der Waals surface area (Å²) in [7, 11) is 1.27. The van der Waals surface area contributed by atoms with Crippen LogP contribution in [0, 0.1) is 0 Å². The Balaban J connectivity index is 3.19. The summed E-state index contributed by atoms with van der Waals surface area (Å²) in [5.41, 5.74) is -0.847. The van der Waals surface area contributed by atoms with Gasteiger partial charge in [0.25, 0.3) is 11.9 Å². The van der Waals surface area contributed by atoms with E-state index in [0.717, 1.165) is 6.07 Å². The van der Waals surface area contributed by atoms with E-state index in [0.29, 0.717) is 0 Å². The highest BCUT2D eigenvalue weighted by molar-refractivity contribution is 5.69. The molecule has 0 saturated heterocycles. The van der Waals surface area contributed by atoms with E-state index < -0.39 is 17.8 Å². The van der Waals surface area contributed by atoms with E-state index in [1.165, 1.54) is 13.2 Å². The normalized spacial score (nSPS) is 12.1. The fourth-order valence-corrected chi connectivity index (χ4v) is 0.784. The predicted octanol–water partition coefficient (Wildman–Crippen LogP) is -0.195. The van der Waals surface area contributed by atoms with Gasteiger partial charge in [0.15, 0.2) is 0 Å². The van der Waals surface area contributed by atoms with Crippen molar-refractivity contribution in [3.05, 3.63) is 22.5 Å². The molecule has 0 aliphatic carbocycles. The van der Waals surface area contributed by atoms with Gasteiger partial charge in [-0.1, -0.05) is 0 Å². The second-order valence-corrected chi connectivity index (χ2v) is 2.33. The topological polar surface area (TPSA) is 81.4 Å². The number of rotatable bonds is 3. The van der Waals surface area contributed by atoms with Gasteiger partial charge in [0.2, 0.25) is 5.88 Å². The summed E-state index contributed by atoms with van der Waals surface area (Å²) in [5, 5.41) is 11.6. The van der Waals surface area contributed by atoms with E-state index in [-0.39, 0.29) is 10.6 Å². The second kappa shape index (κ2) is 3.86. The third kappa shape index (κ3) is 1.87. The zero-order valence-electron chi connectivity index (χ0n) is 7.18. The van der Waals surface area contributed by atoms with E-state index in [2.05, 4.69) is 9.84 Å². The molecule has 0 bridgehead atoms. The van der Waals surface area contributed by atoms with E-state index in [9.17, 15) is 14.0 Å². The van der Waals surface area contributed by atoms with Crippen molar-refractivity contribution in [2.45, 2.75) is 6.30 Å². The fourth-order valence-electron chi connectivity index (χ4n) is 0.784. The van der Waals surface area contributed by atoms with Crippen molar-refractivity contribution in [3.8, 4) is 5.88 Å². The van der Waals surface area contributed by atoms with Crippen LogP contribution in [0.4, 0.5) is 4.39 Å². The van der Waals surface area contributed by atoms with Crippen LogP contribution >= 0.6 is 0 Å². The van der Waals surface area contributed by atoms with E-state index >= 15 is 0 Å². The van der Waals surface area contributed by atoms with Crippen LogP contribution < -0.4 is 10.3 Å². The highest BCUT2D eigenvalue weighted by Crippen LogP contribution is 2.06. The van der Waals surface area contributed by atoms with Crippen molar-refractivity contribution in [2.75, 3.05) is 7.11 Å². The molecule has 1 aromatic rings. The molecule has 0 aliphatic rings. The Morgan fingerprint density at radius 1 is 1.71 bits per heavy atom. The van der Waals surface area contributed by atoms with Gasteiger partial charge in [-0.05, 0) is 0 Å². The number of aromatic nitrogens is 2. The molecule has 1 N–H and O–H groups in total. The van der Waals surface area contributed by atoms with Gasteiger partial charge >= 0.3 is 5.97 Å². The minimum atomic E-state index is -2.50. The summed E-state index contributed by atoms with van der Waals surface area (Å²) in [6.07, 6.45) is -2.50. The van der Waals surface area contributed by atoms with Crippen LogP contribution in [0.3, 0.4) is 0 Å². The number of carbonyl (C=O) groups is 1. The molecule has 0 amide bonds. The zero-order valence-corrected chi connectivity index (χ0v) is 7.18. The first-order valence-electron chi connectivity index (χ1n) is 3.57. The molecule has 76 valence electrons. The number of carboxylic acid groups (broad SMARTS) is 1.